The number of nitrogens with one attached hydrogen (secondary N) is 1. The Bertz CT molecular complexity index is 739. The molecule has 0 amide bonds. The summed E-state index contributed by atoms with van der Waals surface area (Å²) in [5.74, 6) is 0.496. The predicted molar refractivity (Wildman–Crippen MR) is 111 cm³/mol. The third-order valence-electron chi connectivity index (χ3n) is 4.00. The Morgan fingerprint density at radius 2 is 2.10 bits per heavy atom. The molecule has 12 heteroatoms. The van der Waals surface area contributed by atoms with Crippen LogP contribution in [0, 0.1) is 5.41 Å². The van der Waals surface area contributed by atoms with Gasteiger partial charge in [0, 0.05) is 25.1 Å². The molecule has 0 aromatic carbocycles. The molecule has 166 valence electrons. The van der Waals surface area contributed by atoms with Crippen LogP contribution in [0.1, 0.15) is 32.9 Å². The highest BCUT2D eigenvalue weighted by Crippen LogP contribution is 2.29. The van der Waals surface area contributed by atoms with E-state index in [0.29, 0.717) is 25.4 Å². The number of ether oxygens (including phenoxy) is 1. The largest absolute Gasteiger partial charge is 0.400 e. The average molecular weight is 452 g/mol. The first-order valence-electron chi connectivity index (χ1n) is 9.02. The van der Waals surface area contributed by atoms with Gasteiger partial charge in [0.05, 0.1) is 31.3 Å². The molecule has 1 fully saturated rings. The molecule has 0 radical (unpaired) electrons. The summed E-state index contributed by atoms with van der Waals surface area (Å²) >= 11 is 1.13. The minimum atomic E-state index is -0.743. The van der Waals surface area contributed by atoms with Gasteiger partial charge in [0.2, 0.25) is 0 Å². The molecule has 3 unspecified atom stereocenters. The van der Waals surface area contributed by atoms with Gasteiger partial charge in [-0.2, -0.15) is 0 Å². The topological polar surface area (TPSA) is 140 Å². The lowest BCUT2D eigenvalue weighted by molar-refractivity contribution is -0.119. The number of aliphatic hydroxyl groups excluding tert-OH is 2. The van der Waals surface area contributed by atoms with Gasteiger partial charge in [-0.3, -0.25) is 19.1 Å². The third kappa shape index (κ3) is 8.67. The van der Waals surface area contributed by atoms with Crippen molar-refractivity contribution in [1.29, 1.82) is 0 Å². The van der Waals surface area contributed by atoms with Gasteiger partial charge in [-0.1, -0.05) is 11.8 Å². The van der Waals surface area contributed by atoms with Gasteiger partial charge in [0.25, 0.3) is 5.56 Å². The highest BCUT2D eigenvalue weighted by Gasteiger charge is 2.28. The van der Waals surface area contributed by atoms with Crippen molar-refractivity contribution in [2.45, 2.75) is 39.0 Å². The first-order valence-corrected chi connectivity index (χ1v) is 10.8. The van der Waals surface area contributed by atoms with E-state index in [-0.39, 0.29) is 26.9 Å². The molecule has 1 aromatic rings. The van der Waals surface area contributed by atoms with Gasteiger partial charge in [0.1, 0.15) is 6.23 Å². The second-order valence-electron chi connectivity index (χ2n) is 6.73. The summed E-state index contributed by atoms with van der Waals surface area (Å²) in [5.41, 5.74) is -1.67. The van der Waals surface area contributed by atoms with Gasteiger partial charge in [0.15, 0.2) is 14.1 Å². The van der Waals surface area contributed by atoms with E-state index in [4.69, 9.17) is 24.0 Å². The van der Waals surface area contributed by atoms with Crippen LogP contribution in [0.15, 0.2) is 21.9 Å². The molecule has 3 N–H and O–H groups in total. The van der Waals surface area contributed by atoms with Crippen LogP contribution in [0.3, 0.4) is 0 Å². The zero-order valence-corrected chi connectivity index (χ0v) is 18.6. The Balaban J connectivity index is 0.00000204. The molecule has 1 saturated heterocycles. The van der Waals surface area contributed by atoms with E-state index in [1.807, 2.05) is 0 Å². The van der Waals surface area contributed by atoms with Crippen LogP contribution in [-0.2, 0) is 18.6 Å². The number of aromatic amines is 1. The molecule has 0 aliphatic carbocycles. The predicted octanol–water partition coefficient (Wildman–Crippen LogP) is 0.643. The third-order valence-corrected chi connectivity index (χ3v) is 5.79. The highest BCUT2D eigenvalue weighted by atomic mass is 32.2. The number of thioether (sulfide) groups is 1. The molecule has 0 bridgehead atoms. The maximum absolute atomic E-state index is 11.8. The fourth-order valence-electron chi connectivity index (χ4n) is 2.31. The molecule has 2 rings (SSSR count). The number of aromatic nitrogens is 2. The lowest BCUT2D eigenvalue weighted by Gasteiger charge is -2.18. The molecule has 1 aliphatic rings. The van der Waals surface area contributed by atoms with Crippen molar-refractivity contribution in [3.8, 4) is 0 Å². The number of carbonyl (C=O) groups is 1. The van der Waals surface area contributed by atoms with E-state index in [1.165, 1.54) is 16.8 Å². The molecule has 0 spiro atoms. The van der Waals surface area contributed by atoms with Crippen molar-refractivity contribution in [3.63, 3.8) is 0 Å². The highest BCUT2D eigenvalue weighted by molar-refractivity contribution is 8.13. The van der Waals surface area contributed by atoms with Crippen LogP contribution in [0.4, 0.5) is 0 Å². The van der Waals surface area contributed by atoms with Gasteiger partial charge >= 0.3 is 5.69 Å². The normalized spacial score (nSPS) is 19.3. The summed E-state index contributed by atoms with van der Waals surface area (Å²) in [5, 5.41) is 16.1. The average Bonchev–Trinajstić information content (AvgIpc) is 3.17. The van der Waals surface area contributed by atoms with E-state index in [9.17, 15) is 14.4 Å². The van der Waals surface area contributed by atoms with Crippen LogP contribution >= 0.6 is 20.8 Å². The molecular weight excluding hydrogens is 423 g/mol. The van der Waals surface area contributed by atoms with E-state index >= 15 is 0 Å². The number of nitrogens with zero attached hydrogens (tertiary/aromatic N) is 1. The van der Waals surface area contributed by atoms with Gasteiger partial charge < -0.3 is 24.0 Å². The van der Waals surface area contributed by atoms with Crippen LogP contribution in [0.5, 0.6) is 0 Å². The van der Waals surface area contributed by atoms with E-state index in [2.05, 4.69) is 4.98 Å². The Hall–Kier alpha value is -1.07. The van der Waals surface area contributed by atoms with Crippen LogP contribution < -0.4 is 11.2 Å². The minimum absolute atomic E-state index is 0.0688. The molecule has 3 atom stereocenters. The molecular formula is C17H29N2O8PS. The van der Waals surface area contributed by atoms with Crippen LogP contribution in [-0.4, -0.2) is 63.7 Å². The summed E-state index contributed by atoms with van der Waals surface area (Å²) in [7, 11) is 0.834. The SMILES string of the molecule is CC(C)(CO)C(=O)SCCOPOCC1CCC(n2ccc(=O)[nH]c2=O)O1.CO. The second-order valence-corrected chi connectivity index (χ2v) is 8.54. The first-order chi connectivity index (χ1) is 13.8. The Morgan fingerprint density at radius 3 is 2.76 bits per heavy atom. The Labute approximate surface area is 174 Å². The number of carbonyl (C=O) groups excluding carboxylic acids is 1. The van der Waals surface area contributed by atoms with Gasteiger partial charge in [-0.05, 0) is 26.7 Å². The first kappa shape index (κ1) is 26.0. The minimum Gasteiger partial charge on any atom is -0.400 e. The molecule has 29 heavy (non-hydrogen) atoms. The zero-order valence-electron chi connectivity index (χ0n) is 16.8. The van der Waals surface area contributed by atoms with Crippen molar-refractivity contribution in [2.24, 2.45) is 5.41 Å². The second kappa shape index (κ2) is 13.3. The summed E-state index contributed by atoms with van der Waals surface area (Å²) in [4.78, 5) is 36.9. The zero-order chi connectivity index (χ0) is 21.9. The van der Waals surface area contributed by atoms with Gasteiger partial charge in [-0.25, -0.2) is 4.79 Å². The fraction of sp³-hybridized carbons (Fsp3) is 0.706. The molecule has 2 heterocycles. The van der Waals surface area contributed by atoms with Crippen LogP contribution in [0.25, 0.3) is 0 Å². The molecule has 10 nitrogen and oxygen atoms in total. The van der Waals surface area contributed by atoms with Crippen molar-refractivity contribution >= 4 is 25.9 Å². The maximum Gasteiger partial charge on any atom is 0.330 e. The maximum atomic E-state index is 11.8. The number of H-pyrrole nitrogens is 1. The smallest absolute Gasteiger partial charge is 0.330 e. The Kier molecular flexibility index (Phi) is 11.9. The van der Waals surface area contributed by atoms with E-state index in [0.717, 1.165) is 25.3 Å². The summed E-state index contributed by atoms with van der Waals surface area (Å²) < 4.78 is 17.9. The molecule has 1 aromatic heterocycles. The van der Waals surface area contributed by atoms with Crippen molar-refractivity contribution in [1.82, 2.24) is 9.55 Å². The number of aliphatic hydroxyl groups is 2. The Morgan fingerprint density at radius 1 is 1.38 bits per heavy atom. The molecule has 0 saturated carbocycles. The quantitative estimate of drug-likeness (QED) is 0.345. The number of hydrogen-bond acceptors (Lipinski definition) is 9. The summed E-state index contributed by atoms with van der Waals surface area (Å²) in [6.07, 6.45) is 2.26. The van der Waals surface area contributed by atoms with E-state index < -0.39 is 22.9 Å². The van der Waals surface area contributed by atoms with Crippen molar-refractivity contribution < 1.29 is 28.8 Å². The monoisotopic (exact) mass is 452 g/mol. The summed E-state index contributed by atoms with van der Waals surface area (Å²) in [6, 6.07) is 1.29. The fourth-order valence-corrected chi connectivity index (χ4v) is 3.79. The van der Waals surface area contributed by atoms with E-state index in [1.54, 1.807) is 13.8 Å². The molecule has 1 aliphatic heterocycles. The van der Waals surface area contributed by atoms with Crippen molar-refractivity contribution in [3.05, 3.63) is 33.1 Å². The lowest BCUT2D eigenvalue weighted by Crippen LogP contribution is -2.31. The van der Waals surface area contributed by atoms with Crippen molar-refractivity contribution in [2.75, 3.05) is 32.7 Å². The van der Waals surface area contributed by atoms with Gasteiger partial charge in [-0.15, -0.1) is 0 Å². The summed E-state index contributed by atoms with van der Waals surface area (Å²) in [6.45, 7) is 3.93. The van der Waals surface area contributed by atoms with Crippen LogP contribution in [0.2, 0.25) is 0 Å². The standard InChI is InChI=1S/C16H25N2O7PS.CH4O/c1-16(2,10-19)14(21)27-8-7-23-26-24-9-11-3-4-13(25-11)18-6-5-12(20)17-15(18)22;1-2/h5-6,11,13,19,26H,3-4,7-10H2,1-2H3,(H,17,20,22);2H,1H3. The number of rotatable bonds is 10. The number of hydrogen-bond donors (Lipinski definition) is 3. The lowest BCUT2D eigenvalue weighted by atomic mass is 9.97.